The first-order chi connectivity index (χ1) is 18.9. The first-order valence-corrected chi connectivity index (χ1v) is 16.5. The highest BCUT2D eigenvalue weighted by Crippen LogP contribution is 2.70. The third-order valence-electron chi connectivity index (χ3n) is 7.72. The van der Waals surface area contributed by atoms with Gasteiger partial charge in [0.05, 0.1) is 9.79 Å². The Morgan fingerprint density at radius 1 is 0.878 bits per heavy atom. The molecule has 0 aromatic heterocycles. The minimum atomic E-state index is -3.46. The fraction of sp³-hybridized carbons (Fsp3) is 0.613. The maximum Gasteiger partial charge on any atom is 0.669 e. The van der Waals surface area contributed by atoms with Crippen LogP contribution in [0.3, 0.4) is 0 Å². The van der Waals surface area contributed by atoms with Crippen LogP contribution in [0.1, 0.15) is 77.6 Å². The summed E-state index contributed by atoms with van der Waals surface area (Å²) in [6.07, 6.45) is -3.63. The van der Waals surface area contributed by atoms with E-state index in [1.54, 1.807) is 25.6 Å². The van der Waals surface area contributed by atoms with Crippen molar-refractivity contribution in [3.05, 3.63) is 46.5 Å². The van der Waals surface area contributed by atoms with E-state index in [-0.39, 0.29) is 17.4 Å². The molecule has 8 nitrogen and oxygen atoms in total. The third kappa shape index (κ3) is 5.42. The molecule has 1 N–H and O–H groups in total. The molecule has 2 aromatic carbocycles. The predicted octanol–water partition coefficient (Wildman–Crippen LogP) is 7.15. The normalized spacial score (nSPS) is 32.5. The minimum absolute atomic E-state index is 0.130. The van der Waals surface area contributed by atoms with Crippen LogP contribution in [0.2, 0.25) is 0 Å². The molecule has 4 aliphatic heterocycles. The van der Waals surface area contributed by atoms with Gasteiger partial charge in [0.25, 0.3) is 0 Å². The summed E-state index contributed by atoms with van der Waals surface area (Å²) in [5.74, 6) is 0.534. The van der Waals surface area contributed by atoms with Gasteiger partial charge in [-0.2, -0.15) is 0 Å². The Labute approximate surface area is 248 Å². The Kier molecular flexibility index (Phi) is 7.08. The average molecular weight is 606 g/mol. The van der Waals surface area contributed by atoms with Crippen LogP contribution >= 0.6 is 19.9 Å². The Bertz CT molecular complexity index is 1370. The van der Waals surface area contributed by atoms with Crippen molar-refractivity contribution >= 4 is 19.9 Å². The highest BCUT2D eigenvalue weighted by molar-refractivity contribution is 7.99. The van der Waals surface area contributed by atoms with E-state index in [9.17, 15) is 5.11 Å². The molecule has 6 atom stereocenters. The van der Waals surface area contributed by atoms with Gasteiger partial charge in [0.2, 0.25) is 5.75 Å². The lowest BCUT2D eigenvalue weighted by Crippen LogP contribution is -2.41. The lowest BCUT2D eigenvalue weighted by Gasteiger charge is -2.30. The molecule has 41 heavy (non-hydrogen) atoms. The van der Waals surface area contributed by atoms with Crippen LogP contribution in [0.4, 0.5) is 0 Å². The van der Waals surface area contributed by atoms with Gasteiger partial charge >= 0.3 is 8.17 Å². The number of rotatable bonds is 1. The molecule has 0 aliphatic carbocycles. The van der Waals surface area contributed by atoms with E-state index < -0.39 is 44.7 Å². The molecule has 3 saturated heterocycles. The summed E-state index contributed by atoms with van der Waals surface area (Å²) < 4.78 is 44.4. The van der Waals surface area contributed by atoms with Gasteiger partial charge in [-0.15, -0.1) is 9.05 Å². The number of aryl methyl sites for hydroxylation is 2. The van der Waals surface area contributed by atoms with Gasteiger partial charge in [0.1, 0.15) is 24.9 Å². The van der Waals surface area contributed by atoms with Crippen LogP contribution in [0.25, 0.3) is 0 Å². The van der Waals surface area contributed by atoms with Crippen molar-refractivity contribution in [3.63, 3.8) is 0 Å². The van der Waals surface area contributed by atoms with Gasteiger partial charge in [-0.1, -0.05) is 65.4 Å². The molecule has 4 aliphatic rings. The Balaban J connectivity index is 1.44. The first kappa shape index (κ1) is 29.6. The molecule has 6 rings (SSSR count). The summed E-state index contributed by atoms with van der Waals surface area (Å²) in [6, 6.07) is 8.56. The molecule has 0 amide bonds. The van der Waals surface area contributed by atoms with Crippen molar-refractivity contribution < 1.29 is 37.4 Å². The molecule has 0 saturated carbocycles. The highest BCUT2D eigenvalue weighted by Gasteiger charge is 2.67. The molecular weight excluding hydrogens is 563 g/mol. The third-order valence-corrected chi connectivity index (χ3v) is 10.7. The second-order valence-corrected chi connectivity index (χ2v) is 16.8. The number of ether oxygens (including phenoxy) is 3. The zero-order chi connectivity index (χ0) is 29.7. The van der Waals surface area contributed by atoms with E-state index in [1.165, 1.54) is 5.56 Å². The van der Waals surface area contributed by atoms with Gasteiger partial charge in [0, 0.05) is 5.56 Å². The van der Waals surface area contributed by atoms with Crippen molar-refractivity contribution in [2.24, 2.45) is 0 Å². The summed E-state index contributed by atoms with van der Waals surface area (Å²) in [6.45, 7) is 21.0. The zero-order valence-electron chi connectivity index (χ0n) is 25.6. The summed E-state index contributed by atoms with van der Waals surface area (Å²) in [5, 5.41) is 11.2. The lowest BCUT2D eigenvalue weighted by molar-refractivity contribution is -0.223. The lowest BCUT2D eigenvalue weighted by atomic mass is 9.85. The first-order valence-electron chi connectivity index (χ1n) is 14.2. The summed E-state index contributed by atoms with van der Waals surface area (Å²) >= 11 is 1.66. The molecular formula is C31H42O8PS+. The van der Waals surface area contributed by atoms with Crippen molar-refractivity contribution in [3.8, 4) is 11.5 Å². The second kappa shape index (κ2) is 9.80. The van der Waals surface area contributed by atoms with Gasteiger partial charge in [0.15, 0.2) is 23.9 Å². The predicted molar refractivity (Wildman–Crippen MR) is 158 cm³/mol. The van der Waals surface area contributed by atoms with Crippen LogP contribution in [0.5, 0.6) is 11.5 Å². The fourth-order valence-electron chi connectivity index (χ4n) is 5.76. The SMILES string of the molecule is Cc1cc2c(c(C(C)(C)C)c1)O[P+]1(OCC([C@H]3O[C@H]4OC(C)(C)O[C@H]4[C@H]3O)O1)Oc1cc(C)cc(C(C)(C)C)c1S2. The standard InChI is InChI=1S/C31H42O8PS/c1-16-12-19(30(6,7)8)27-20(13-16)37-40(39-24-18(29(3,4)5)11-17(2)14-22(24)41-27)33-15-21(38-40)25-23(32)26-28(34-25)36-31(9,10)35-26/h11-14,21,23,25-26,28,32H,15H2,1-10H3/q+1/t21?,23-,25+,26-,28-,40?/m0/s1. The van der Waals surface area contributed by atoms with Gasteiger partial charge < -0.3 is 19.3 Å². The Morgan fingerprint density at radius 2 is 1.54 bits per heavy atom. The van der Waals surface area contributed by atoms with Crippen LogP contribution in [0, 0.1) is 13.8 Å². The van der Waals surface area contributed by atoms with E-state index in [1.807, 2.05) is 6.07 Å². The molecule has 3 fully saturated rings. The molecule has 0 radical (unpaired) electrons. The average Bonchev–Trinajstić information content (AvgIpc) is 3.46. The highest BCUT2D eigenvalue weighted by atomic mass is 32.2. The number of fused-ring (bicyclic) bond motifs is 3. The quantitative estimate of drug-likeness (QED) is 0.341. The van der Waals surface area contributed by atoms with Crippen molar-refractivity contribution in [2.45, 2.75) is 126 Å². The fourth-order valence-corrected chi connectivity index (χ4v) is 9.21. The number of aliphatic hydroxyl groups is 1. The largest absolute Gasteiger partial charge is 0.669 e. The van der Waals surface area contributed by atoms with Crippen LogP contribution in [-0.4, -0.2) is 48.2 Å². The van der Waals surface area contributed by atoms with E-state index in [0.29, 0.717) is 11.5 Å². The number of aliphatic hydroxyl groups excluding tert-OH is 1. The van der Waals surface area contributed by atoms with Gasteiger partial charge in [-0.25, -0.2) is 0 Å². The number of hydrogen-bond acceptors (Lipinski definition) is 9. The summed E-state index contributed by atoms with van der Waals surface area (Å²) in [7, 11) is -3.46. The molecule has 224 valence electrons. The molecule has 10 heteroatoms. The minimum Gasteiger partial charge on any atom is -0.387 e. The van der Waals surface area contributed by atoms with Crippen molar-refractivity contribution in [1.29, 1.82) is 0 Å². The number of benzene rings is 2. The summed E-state index contributed by atoms with van der Waals surface area (Å²) in [4.78, 5) is 2.00. The van der Waals surface area contributed by atoms with Crippen LogP contribution < -0.4 is 9.05 Å². The smallest absolute Gasteiger partial charge is 0.387 e. The number of hydrogen-bond donors (Lipinski definition) is 1. The van der Waals surface area contributed by atoms with Crippen LogP contribution in [0.15, 0.2) is 34.1 Å². The maximum atomic E-state index is 11.2. The van der Waals surface area contributed by atoms with E-state index in [0.717, 1.165) is 26.5 Å². The Morgan fingerprint density at radius 3 is 2.20 bits per heavy atom. The van der Waals surface area contributed by atoms with Crippen LogP contribution in [-0.2, 0) is 34.1 Å². The maximum absolute atomic E-state index is 11.2. The molecule has 0 bridgehead atoms. The topological polar surface area (TPSA) is 84.8 Å². The zero-order valence-corrected chi connectivity index (χ0v) is 27.3. The summed E-state index contributed by atoms with van der Waals surface area (Å²) in [5.41, 5.74) is 4.09. The van der Waals surface area contributed by atoms with Gasteiger partial charge in [-0.3, -0.25) is 9.05 Å². The molecule has 4 heterocycles. The van der Waals surface area contributed by atoms with Gasteiger partial charge in [-0.05, 0) is 67.3 Å². The van der Waals surface area contributed by atoms with E-state index in [2.05, 4.69) is 73.6 Å². The Hall–Kier alpha value is -1.42. The van der Waals surface area contributed by atoms with Crippen molar-refractivity contribution in [1.82, 2.24) is 0 Å². The molecule has 2 unspecified atom stereocenters. The van der Waals surface area contributed by atoms with E-state index in [4.69, 9.17) is 32.3 Å². The monoisotopic (exact) mass is 605 g/mol. The molecule has 1 spiro atoms. The molecule has 2 aromatic rings. The van der Waals surface area contributed by atoms with E-state index >= 15 is 0 Å². The van der Waals surface area contributed by atoms with Crippen molar-refractivity contribution in [2.75, 3.05) is 6.61 Å². The second-order valence-electron chi connectivity index (χ2n) is 14.0.